The second-order valence-corrected chi connectivity index (χ2v) is 13.7. The molecule has 0 aromatic heterocycles. The Hall–Kier alpha value is -3.65. The molecule has 230 valence electrons. The van der Waals surface area contributed by atoms with Gasteiger partial charge in [0.25, 0.3) is 0 Å². The number of amides is 2. The molecule has 0 unspecified atom stereocenters. The Morgan fingerprint density at radius 2 is 1.53 bits per heavy atom. The summed E-state index contributed by atoms with van der Waals surface area (Å²) in [6.07, 6.45) is 7.31. The fraction of sp³-hybridized carbons (Fsp3) is 0.429. The van der Waals surface area contributed by atoms with Gasteiger partial charge in [-0.1, -0.05) is 91.6 Å². The average molecular weight is 604 g/mol. The molecule has 1 saturated carbocycles. The lowest BCUT2D eigenvalue weighted by Gasteiger charge is -2.34. The zero-order valence-corrected chi connectivity index (χ0v) is 26.5. The normalized spacial score (nSPS) is 14.6. The topological polar surface area (TPSA) is 86.8 Å². The van der Waals surface area contributed by atoms with E-state index in [1.165, 1.54) is 17.0 Å². The van der Waals surface area contributed by atoms with Gasteiger partial charge in [-0.15, -0.1) is 0 Å². The van der Waals surface area contributed by atoms with Crippen LogP contribution in [0.25, 0.3) is 0 Å². The lowest BCUT2D eigenvalue weighted by atomic mass is 9.94. The van der Waals surface area contributed by atoms with Crippen LogP contribution in [0.15, 0.2) is 78.9 Å². The second kappa shape index (κ2) is 15.2. The zero-order valence-electron chi connectivity index (χ0n) is 25.7. The first-order valence-corrected chi connectivity index (χ1v) is 17.2. The standard InChI is InChI=1S/C35H45N3O4S/c1-27-20-22-32(23-21-27)38(43(3,41)42)24-12-19-34(39)37(26-30-16-11-10-13-28(30)2)33(25-29-14-6-4-7-15-29)35(40)36-31-17-8-5-9-18-31/h4,6-7,10-11,13-16,20-23,31,33H,5,8-9,12,17-19,24-26H2,1-3H3,(H,36,40)/t33-/m1/s1. The fourth-order valence-electron chi connectivity index (χ4n) is 5.78. The predicted octanol–water partition coefficient (Wildman–Crippen LogP) is 5.94. The molecule has 0 saturated heterocycles. The van der Waals surface area contributed by atoms with Crippen LogP contribution < -0.4 is 9.62 Å². The van der Waals surface area contributed by atoms with Gasteiger partial charge in [-0.05, 0) is 61.9 Å². The third-order valence-electron chi connectivity index (χ3n) is 8.30. The first-order valence-electron chi connectivity index (χ1n) is 15.3. The maximum atomic E-state index is 14.1. The van der Waals surface area contributed by atoms with Crippen LogP contribution in [0.1, 0.15) is 67.2 Å². The van der Waals surface area contributed by atoms with Gasteiger partial charge in [-0.3, -0.25) is 13.9 Å². The highest BCUT2D eigenvalue weighted by molar-refractivity contribution is 7.92. The van der Waals surface area contributed by atoms with E-state index >= 15 is 0 Å². The monoisotopic (exact) mass is 603 g/mol. The molecule has 3 aromatic rings. The Morgan fingerprint density at radius 1 is 0.884 bits per heavy atom. The molecule has 1 N–H and O–H groups in total. The molecule has 0 spiro atoms. The Morgan fingerprint density at radius 3 is 2.19 bits per heavy atom. The van der Waals surface area contributed by atoms with E-state index < -0.39 is 16.1 Å². The molecule has 0 heterocycles. The number of carbonyl (C=O) groups excluding carboxylic acids is 2. The SMILES string of the molecule is Cc1ccc(N(CCCC(=O)N(Cc2ccccc2C)[C@H](Cc2ccccc2)C(=O)NC2CCCCC2)S(C)(=O)=O)cc1. The number of sulfonamides is 1. The number of nitrogens with zero attached hydrogens (tertiary/aromatic N) is 2. The summed E-state index contributed by atoms with van der Waals surface area (Å²) in [6.45, 7) is 4.43. The number of benzene rings is 3. The number of rotatable bonds is 13. The Bertz CT molecular complexity index is 1450. The van der Waals surface area contributed by atoms with Crippen molar-refractivity contribution in [2.75, 3.05) is 17.1 Å². The first-order chi connectivity index (χ1) is 20.6. The molecule has 1 aliphatic carbocycles. The van der Waals surface area contributed by atoms with Gasteiger partial charge in [-0.2, -0.15) is 0 Å². The number of aryl methyl sites for hydroxylation is 2. The third-order valence-corrected chi connectivity index (χ3v) is 9.49. The van der Waals surface area contributed by atoms with Crippen molar-refractivity contribution in [2.45, 2.75) is 83.8 Å². The summed E-state index contributed by atoms with van der Waals surface area (Å²) >= 11 is 0. The van der Waals surface area contributed by atoms with E-state index in [1.807, 2.05) is 80.6 Å². The van der Waals surface area contributed by atoms with Crippen LogP contribution in [0.3, 0.4) is 0 Å². The summed E-state index contributed by atoms with van der Waals surface area (Å²) in [5, 5.41) is 3.27. The van der Waals surface area contributed by atoms with E-state index in [2.05, 4.69) is 5.32 Å². The minimum atomic E-state index is -3.55. The van der Waals surface area contributed by atoms with E-state index in [-0.39, 0.29) is 30.8 Å². The fourth-order valence-corrected chi connectivity index (χ4v) is 6.75. The van der Waals surface area contributed by atoms with Crippen LogP contribution in [-0.2, 0) is 32.6 Å². The smallest absolute Gasteiger partial charge is 0.243 e. The molecule has 1 fully saturated rings. The summed E-state index contributed by atoms with van der Waals surface area (Å²) < 4.78 is 26.7. The third kappa shape index (κ3) is 9.42. The number of hydrogen-bond donors (Lipinski definition) is 1. The average Bonchev–Trinajstić information content (AvgIpc) is 2.99. The molecule has 1 aliphatic rings. The lowest BCUT2D eigenvalue weighted by molar-refractivity contribution is -0.141. The highest BCUT2D eigenvalue weighted by Gasteiger charge is 2.32. The molecular weight excluding hydrogens is 558 g/mol. The molecular formula is C35H45N3O4S. The zero-order chi connectivity index (χ0) is 30.8. The minimum absolute atomic E-state index is 0.117. The van der Waals surface area contributed by atoms with Crippen molar-refractivity contribution in [2.24, 2.45) is 0 Å². The largest absolute Gasteiger partial charge is 0.352 e. The van der Waals surface area contributed by atoms with Gasteiger partial charge in [0.1, 0.15) is 6.04 Å². The Balaban J connectivity index is 1.59. The van der Waals surface area contributed by atoms with Crippen molar-refractivity contribution in [1.29, 1.82) is 0 Å². The van der Waals surface area contributed by atoms with Crippen molar-refractivity contribution in [3.8, 4) is 0 Å². The molecule has 3 aromatic carbocycles. The summed E-state index contributed by atoms with van der Waals surface area (Å²) in [6, 6.07) is 24.5. The molecule has 43 heavy (non-hydrogen) atoms. The van der Waals surface area contributed by atoms with Crippen molar-refractivity contribution in [3.63, 3.8) is 0 Å². The summed E-state index contributed by atoms with van der Waals surface area (Å²) in [4.78, 5) is 29.8. The molecule has 7 nitrogen and oxygen atoms in total. The van der Waals surface area contributed by atoms with Crippen LogP contribution >= 0.6 is 0 Å². The molecule has 0 radical (unpaired) electrons. The summed E-state index contributed by atoms with van der Waals surface area (Å²) in [5.41, 5.74) is 4.63. The van der Waals surface area contributed by atoms with E-state index in [1.54, 1.807) is 17.0 Å². The minimum Gasteiger partial charge on any atom is -0.352 e. The quantitative estimate of drug-likeness (QED) is 0.262. The van der Waals surface area contributed by atoms with Gasteiger partial charge in [-0.25, -0.2) is 8.42 Å². The van der Waals surface area contributed by atoms with Crippen molar-refractivity contribution < 1.29 is 18.0 Å². The van der Waals surface area contributed by atoms with Gasteiger partial charge in [0.05, 0.1) is 11.9 Å². The van der Waals surface area contributed by atoms with E-state index in [0.717, 1.165) is 47.9 Å². The van der Waals surface area contributed by atoms with Crippen molar-refractivity contribution >= 4 is 27.5 Å². The van der Waals surface area contributed by atoms with Crippen molar-refractivity contribution in [1.82, 2.24) is 10.2 Å². The molecule has 0 bridgehead atoms. The maximum absolute atomic E-state index is 14.1. The van der Waals surface area contributed by atoms with Gasteiger partial charge >= 0.3 is 0 Å². The second-order valence-electron chi connectivity index (χ2n) is 11.8. The highest BCUT2D eigenvalue weighted by atomic mass is 32.2. The highest BCUT2D eigenvalue weighted by Crippen LogP contribution is 2.23. The van der Waals surface area contributed by atoms with E-state index in [9.17, 15) is 18.0 Å². The van der Waals surface area contributed by atoms with Crippen LogP contribution in [0.2, 0.25) is 0 Å². The van der Waals surface area contributed by atoms with Crippen LogP contribution in [0.5, 0.6) is 0 Å². The lowest BCUT2D eigenvalue weighted by Crippen LogP contribution is -2.53. The van der Waals surface area contributed by atoms with Gasteiger partial charge in [0.2, 0.25) is 21.8 Å². The molecule has 2 amide bonds. The number of carbonyl (C=O) groups is 2. The number of hydrogen-bond acceptors (Lipinski definition) is 4. The number of anilines is 1. The van der Waals surface area contributed by atoms with Gasteiger partial charge in [0, 0.05) is 32.0 Å². The maximum Gasteiger partial charge on any atom is 0.243 e. The van der Waals surface area contributed by atoms with Gasteiger partial charge < -0.3 is 10.2 Å². The molecule has 0 aliphatic heterocycles. The van der Waals surface area contributed by atoms with Crippen LogP contribution in [0, 0.1) is 13.8 Å². The van der Waals surface area contributed by atoms with Gasteiger partial charge in [0.15, 0.2) is 0 Å². The number of nitrogens with one attached hydrogen (secondary N) is 1. The van der Waals surface area contributed by atoms with E-state index in [0.29, 0.717) is 25.1 Å². The molecule has 4 rings (SSSR count). The molecule has 8 heteroatoms. The Labute approximate surface area is 257 Å². The van der Waals surface area contributed by atoms with Crippen molar-refractivity contribution in [3.05, 3.63) is 101 Å². The van der Waals surface area contributed by atoms with Crippen LogP contribution in [-0.4, -0.2) is 50.0 Å². The first kappa shape index (κ1) is 32.3. The summed E-state index contributed by atoms with van der Waals surface area (Å²) in [7, 11) is -3.55. The Kier molecular flexibility index (Phi) is 11.4. The predicted molar refractivity (Wildman–Crippen MR) is 173 cm³/mol. The van der Waals surface area contributed by atoms with E-state index in [4.69, 9.17) is 0 Å². The summed E-state index contributed by atoms with van der Waals surface area (Å²) in [5.74, 6) is -0.296. The molecule has 1 atom stereocenters. The van der Waals surface area contributed by atoms with Crippen LogP contribution in [0.4, 0.5) is 5.69 Å².